The average Bonchev–Trinajstić information content (AvgIpc) is 2.35. The van der Waals surface area contributed by atoms with Crippen LogP contribution >= 0.6 is 11.8 Å². The molecule has 0 bridgehead atoms. The van der Waals surface area contributed by atoms with Crippen LogP contribution in [0.4, 0.5) is 0 Å². The summed E-state index contributed by atoms with van der Waals surface area (Å²) in [6, 6.07) is 4.46. The molecule has 106 valence electrons. The standard InChI is InChI=1S/C17H26OS/c1-12-8-13(2)17(14(3)9-12)11-16(18)10-15-4-6-19-7-5-15/h8-9,15-16,18H,4-7,10-11H2,1-3H3. The first-order valence-corrected chi connectivity index (χ1v) is 8.54. The molecule has 0 spiro atoms. The summed E-state index contributed by atoms with van der Waals surface area (Å²) in [5.74, 6) is 3.29. The smallest absolute Gasteiger partial charge is 0.0583 e. The van der Waals surface area contributed by atoms with E-state index in [0.717, 1.165) is 18.8 Å². The molecule has 1 heterocycles. The first-order valence-electron chi connectivity index (χ1n) is 7.39. The first kappa shape index (κ1) is 14.9. The van der Waals surface area contributed by atoms with Gasteiger partial charge >= 0.3 is 0 Å². The number of hydrogen-bond donors (Lipinski definition) is 1. The zero-order valence-corrected chi connectivity index (χ0v) is 13.2. The van der Waals surface area contributed by atoms with Crippen LogP contribution in [0.25, 0.3) is 0 Å². The third-order valence-electron chi connectivity index (χ3n) is 4.23. The highest BCUT2D eigenvalue weighted by atomic mass is 32.2. The van der Waals surface area contributed by atoms with Gasteiger partial charge in [-0.3, -0.25) is 0 Å². The van der Waals surface area contributed by atoms with Crippen LogP contribution in [0.3, 0.4) is 0 Å². The average molecular weight is 278 g/mol. The molecular weight excluding hydrogens is 252 g/mol. The summed E-state index contributed by atoms with van der Waals surface area (Å²) in [6.45, 7) is 6.47. The van der Waals surface area contributed by atoms with E-state index in [1.54, 1.807) is 0 Å². The van der Waals surface area contributed by atoms with E-state index in [1.165, 1.54) is 46.6 Å². The molecule has 0 aliphatic carbocycles. The SMILES string of the molecule is Cc1cc(C)c(CC(O)CC2CCSCC2)c(C)c1. The van der Waals surface area contributed by atoms with E-state index in [4.69, 9.17) is 0 Å². The minimum absolute atomic E-state index is 0.173. The topological polar surface area (TPSA) is 20.2 Å². The van der Waals surface area contributed by atoms with E-state index < -0.39 is 0 Å². The van der Waals surface area contributed by atoms with E-state index in [-0.39, 0.29) is 6.10 Å². The Labute approximate surface area is 121 Å². The van der Waals surface area contributed by atoms with Crippen molar-refractivity contribution in [2.24, 2.45) is 5.92 Å². The van der Waals surface area contributed by atoms with E-state index in [0.29, 0.717) is 0 Å². The van der Waals surface area contributed by atoms with Crippen molar-refractivity contribution < 1.29 is 5.11 Å². The Hall–Kier alpha value is -0.470. The number of aryl methyl sites for hydroxylation is 3. The van der Waals surface area contributed by atoms with Gasteiger partial charge in [-0.05, 0) is 80.6 Å². The van der Waals surface area contributed by atoms with Gasteiger partial charge in [0, 0.05) is 0 Å². The maximum atomic E-state index is 10.4. The van der Waals surface area contributed by atoms with E-state index in [2.05, 4.69) is 44.7 Å². The molecule has 0 radical (unpaired) electrons. The number of benzene rings is 1. The summed E-state index contributed by atoms with van der Waals surface area (Å²) < 4.78 is 0. The van der Waals surface area contributed by atoms with Crippen molar-refractivity contribution in [3.63, 3.8) is 0 Å². The fraction of sp³-hybridized carbons (Fsp3) is 0.647. The van der Waals surface area contributed by atoms with Gasteiger partial charge in [0.2, 0.25) is 0 Å². The maximum Gasteiger partial charge on any atom is 0.0583 e. The second kappa shape index (κ2) is 6.81. The van der Waals surface area contributed by atoms with Crippen LogP contribution in [-0.2, 0) is 6.42 Å². The molecule has 1 aromatic carbocycles. The molecule has 1 aliphatic rings. The van der Waals surface area contributed by atoms with Gasteiger partial charge in [-0.25, -0.2) is 0 Å². The number of hydrogen-bond acceptors (Lipinski definition) is 2. The molecule has 1 atom stereocenters. The molecule has 1 unspecified atom stereocenters. The minimum Gasteiger partial charge on any atom is -0.393 e. The summed E-state index contributed by atoms with van der Waals surface area (Å²) in [5.41, 5.74) is 5.33. The largest absolute Gasteiger partial charge is 0.393 e. The van der Waals surface area contributed by atoms with Crippen LogP contribution in [-0.4, -0.2) is 22.7 Å². The van der Waals surface area contributed by atoms with Crippen LogP contribution < -0.4 is 0 Å². The van der Waals surface area contributed by atoms with Crippen molar-refractivity contribution in [1.29, 1.82) is 0 Å². The normalized spacial score (nSPS) is 18.5. The molecule has 1 saturated heterocycles. The summed E-state index contributed by atoms with van der Waals surface area (Å²) >= 11 is 2.05. The van der Waals surface area contributed by atoms with Crippen molar-refractivity contribution in [3.8, 4) is 0 Å². The first-order chi connectivity index (χ1) is 9.06. The van der Waals surface area contributed by atoms with Crippen LogP contribution in [0.15, 0.2) is 12.1 Å². The van der Waals surface area contributed by atoms with Gasteiger partial charge in [0.05, 0.1) is 6.10 Å². The highest BCUT2D eigenvalue weighted by molar-refractivity contribution is 7.99. The molecule has 1 fully saturated rings. The lowest BCUT2D eigenvalue weighted by atomic mass is 9.89. The Balaban J connectivity index is 1.96. The van der Waals surface area contributed by atoms with Crippen LogP contribution in [0.5, 0.6) is 0 Å². The predicted molar refractivity (Wildman–Crippen MR) is 85.0 cm³/mol. The molecule has 0 aromatic heterocycles. The van der Waals surface area contributed by atoms with Gasteiger partial charge in [-0.2, -0.15) is 11.8 Å². The zero-order chi connectivity index (χ0) is 13.8. The lowest BCUT2D eigenvalue weighted by molar-refractivity contribution is 0.139. The second-order valence-corrected chi connectivity index (χ2v) is 7.25. The number of aliphatic hydroxyl groups excluding tert-OH is 1. The molecule has 2 rings (SSSR count). The maximum absolute atomic E-state index is 10.4. The Morgan fingerprint density at radius 2 is 1.74 bits per heavy atom. The number of aliphatic hydroxyl groups is 1. The monoisotopic (exact) mass is 278 g/mol. The van der Waals surface area contributed by atoms with Crippen molar-refractivity contribution >= 4 is 11.8 Å². The fourth-order valence-electron chi connectivity index (χ4n) is 3.22. The zero-order valence-electron chi connectivity index (χ0n) is 12.4. The van der Waals surface area contributed by atoms with Crippen LogP contribution in [0.2, 0.25) is 0 Å². The Bertz CT molecular complexity index is 398. The van der Waals surface area contributed by atoms with Gasteiger partial charge in [0.1, 0.15) is 0 Å². The third-order valence-corrected chi connectivity index (χ3v) is 5.28. The summed E-state index contributed by atoms with van der Waals surface area (Å²) in [6.07, 6.45) is 4.20. The molecule has 0 saturated carbocycles. The van der Waals surface area contributed by atoms with Crippen LogP contribution in [0, 0.1) is 26.7 Å². The van der Waals surface area contributed by atoms with Gasteiger partial charge in [0.25, 0.3) is 0 Å². The second-order valence-electron chi connectivity index (χ2n) is 6.03. The van der Waals surface area contributed by atoms with Gasteiger partial charge in [0.15, 0.2) is 0 Å². The number of rotatable bonds is 4. The summed E-state index contributed by atoms with van der Waals surface area (Å²) in [5, 5.41) is 10.4. The highest BCUT2D eigenvalue weighted by Crippen LogP contribution is 2.28. The van der Waals surface area contributed by atoms with Crippen molar-refractivity contribution in [3.05, 3.63) is 34.4 Å². The van der Waals surface area contributed by atoms with Crippen molar-refractivity contribution in [2.75, 3.05) is 11.5 Å². The minimum atomic E-state index is -0.173. The fourth-order valence-corrected chi connectivity index (χ4v) is 4.42. The molecule has 1 aromatic rings. The molecule has 19 heavy (non-hydrogen) atoms. The molecule has 1 aliphatic heterocycles. The van der Waals surface area contributed by atoms with E-state index in [1.807, 2.05) is 0 Å². The van der Waals surface area contributed by atoms with Crippen molar-refractivity contribution in [1.82, 2.24) is 0 Å². The summed E-state index contributed by atoms with van der Waals surface area (Å²) in [4.78, 5) is 0. The van der Waals surface area contributed by atoms with E-state index in [9.17, 15) is 5.11 Å². The summed E-state index contributed by atoms with van der Waals surface area (Å²) in [7, 11) is 0. The molecule has 1 N–H and O–H groups in total. The molecule has 1 nitrogen and oxygen atoms in total. The Morgan fingerprint density at radius 1 is 1.16 bits per heavy atom. The Kier molecular flexibility index (Phi) is 5.35. The quantitative estimate of drug-likeness (QED) is 0.896. The Morgan fingerprint density at radius 3 is 2.32 bits per heavy atom. The lowest BCUT2D eigenvalue weighted by Gasteiger charge is -2.24. The van der Waals surface area contributed by atoms with Gasteiger partial charge < -0.3 is 5.11 Å². The predicted octanol–water partition coefficient (Wildman–Crippen LogP) is 4.05. The van der Waals surface area contributed by atoms with Crippen LogP contribution in [0.1, 0.15) is 41.5 Å². The van der Waals surface area contributed by atoms with Crippen molar-refractivity contribution in [2.45, 2.75) is 52.6 Å². The highest BCUT2D eigenvalue weighted by Gasteiger charge is 2.19. The number of thioether (sulfide) groups is 1. The van der Waals surface area contributed by atoms with Gasteiger partial charge in [-0.1, -0.05) is 17.7 Å². The van der Waals surface area contributed by atoms with Gasteiger partial charge in [-0.15, -0.1) is 0 Å². The lowest BCUT2D eigenvalue weighted by Crippen LogP contribution is -2.20. The molecule has 2 heteroatoms. The molecule has 0 amide bonds. The third kappa shape index (κ3) is 4.25. The molecular formula is C17H26OS. The van der Waals surface area contributed by atoms with E-state index >= 15 is 0 Å².